The van der Waals surface area contributed by atoms with E-state index in [4.69, 9.17) is 0 Å². The highest BCUT2D eigenvalue weighted by molar-refractivity contribution is 5.86. The Morgan fingerprint density at radius 1 is 1.29 bits per heavy atom. The third-order valence-electron chi connectivity index (χ3n) is 3.66. The molecular weight excluding hydrogens is 210 g/mol. The molecule has 1 saturated heterocycles. The summed E-state index contributed by atoms with van der Waals surface area (Å²) in [6, 6.07) is 8.52. The molecule has 2 rings (SSSR count). The van der Waals surface area contributed by atoms with Gasteiger partial charge in [0.25, 0.3) is 0 Å². The lowest BCUT2D eigenvalue weighted by molar-refractivity contribution is -0.127. The van der Waals surface area contributed by atoms with Crippen LogP contribution in [0.25, 0.3) is 0 Å². The van der Waals surface area contributed by atoms with Crippen LogP contribution in [0.4, 0.5) is 5.69 Å². The maximum absolute atomic E-state index is 11.8. The maximum Gasteiger partial charge on any atom is 0.142 e. The Labute approximate surface area is 104 Å². The molecule has 0 radical (unpaired) electrons. The molecule has 0 atom stereocenters. The molecule has 0 amide bonds. The highest BCUT2D eigenvalue weighted by Gasteiger charge is 2.34. The quantitative estimate of drug-likeness (QED) is 0.779. The van der Waals surface area contributed by atoms with E-state index in [1.165, 1.54) is 11.3 Å². The monoisotopic (exact) mass is 231 g/mol. The van der Waals surface area contributed by atoms with E-state index in [1.54, 1.807) is 0 Å². The van der Waals surface area contributed by atoms with E-state index in [1.807, 2.05) is 0 Å². The van der Waals surface area contributed by atoms with Gasteiger partial charge in [-0.1, -0.05) is 39.0 Å². The van der Waals surface area contributed by atoms with Gasteiger partial charge in [-0.15, -0.1) is 0 Å². The van der Waals surface area contributed by atoms with Crippen LogP contribution in [0.5, 0.6) is 0 Å². The molecule has 2 nitrogen and oxygen atoms in total. The van der Waals surface area contributed by atoms with Crippen LogP contribution in [0.2, 0.25) is 0 Å². The van der Waals surface area contributed by atoms with Gasteiger partial charge in [-0.2, -0.15) is 0 Å². The van der Waals surface area contributed by atoms with Gasteiger partial charge in [0.1, 0.15) is 5.78 Å². The van der Waals surface area contributed by atoms with Crippen molar-refractivity contribution >= 4 is 11.5 Å². The second kappa shape index (κ2) is 4.52. The van der Waals surface area contributed by atoms with Crippen LogP contribution < -0.4 is 4.90 Å². The number of hydrogen-bond acceptors (Lipinski definition) is 2. The van der Waals surface area contributed by atoms with Crippen molar-refractivity contribution in [3.63, 3.8) is 0 Å². The predicted molar refractivity (Wildman–Crippen MR) is 71.4 cm³/mol. The molecule has 2 heteroatoms. The van der Waals surface area contributed by atoms with Crippen molar-refractivity contribution in [3.05, 3.63) is 29.8 Å². The predicted octanol–water partition coefficient (Wildman–Crippen LogP) is 3.05. The van der Waals surface area contributed by atoms with Crippen molar-refractivity contribution in [3.8, 4) is 0 Å². The number of ketones is 1. The van der Waals surface area contributed by atoms with Gasteiger partial charge in [0.05, 0.1) is 0 Å². The van der Waals surface area contributed by atoms with Gasteiger partial charge in [-0.05, 0) is 18.1 Å². The van der Waals surface area contributed by atoms with E-state index < -0.39 is 0 Å². The van der Waals surface area contributed by atoms with Crippen LogP contribution >= 0.6 is 0 Å². The lowest BCUT2D eigenvalue weighted by atomic mass is 9.82. The molecule has 1 aliphatic heterocycles. The fourth-order valence-electron chi connectivity index (χ4n) is 2.54. The van der Waals surface area contributed by atoms with Gasteiger partial charge >= 0.3 is 0 Å². The number of Topliss-reactive ketones (excluding diaryl/α,β-unsaturated/α-hetero) is 1. The van der Waals surface area contributed by atoms with E-state index in [9.17, 15) is 4.79 Å². The van der Waals surface area contributed by atoms with Crippen LogP contribution in [0, 0.1) is 5.41 Å². The molecular formula is C15H21NO. The summed E-state index contributed by atoms with van der Waals surface area (Å²) in [7, 11) is 0. The van der Waals surface area contributed by atoms with Crippen molar-refractivity contribution in [2.75, 3.05) is 18.0 Å². The lowest BCUT2D eigenvalue weighted by Gasteiger charge is -2.39. The number of nitrogens with zero attached hydrogens (tertiary/aromatic N) is 1. The first kappa shape index (κ1) is 12.2. The SMILES string of the molecule is CCc1ccccc1N1CCC(=O)C(C)(C)C1. The molecule has 1 aromatic carbocycles. The smallest absolute Gasteiger partial charge is 0.142 e. The Morgan fingerprint density at radius 2 is 2.00 bits per heavy atom. The Balaban J connectivity index is 2.26. The first-order chi connectivity index (χ1) is 8.04. The Kier molecular flexibility index (Phi) is 3.23. The zero-order chi connectivity index (χ0) is 12.5. The maximum atomic E-state index is 11.8. The minimum Gasteiger partial charge on any atom is -0.370 e. The fourth-order valence-corrected chi connectivity index (χ4v) is 2.54. The Bertz CT molecular complexity index is 423. The molecule has 1 fully saturated rings. The summed E-state index contributed by atoms with van der Waals surface area (Å²) in [4.78, 5) is 14.2. The number of piperidine rings is 1. The molecule has 0 aromatic heterocycles. The van der Waals surface area contributed by atoms with Crippen molar-refractivity contribution < 1.29 is 4.79 Å². The third kappa shape index (κ3) is 2.36. The molecule has 0 spiro atoms. The van der Waals surface area contributed by atoms with Gasteiger partial charge in [0, 0.05) is 30.6 Å². The summed E-state index contributed by atoms with van der Waals surface area (Å²) in [5, 5.41) is 0. The van der Waals surface area contributed by atoms with Crippen molar-refractivity contribution in [2.24, 2.45) is 5.41 Å². The molecule has 0 bridgehead atoms. The summed E-state index contributed by atoms with van der Waals surface area (Å²) in [6.45, 7) is 7.98. The van der Waals surface area contributed by atoms with Crippen molar-refractivity contribution in [2.45, 2.75) is 33.6 Å². The molecule has 0 saturated carbocycles. The number of rotatable bonds is 2. The second-order valence-electron chi connectivity index (χ2n) is 5.46. The number of carbonyl (C=O) groups is 1. The van der Waals surface area contributed by atoms with Crippen LogP contribution in [0.1, 0.15) is 32.8 Å². The zero-order valence-electron chi connectivity index (χ0n) is 11.0. The molecule has 1 aromatic rings. The van der Waals surface area contributed by atoms with E-state index in [0.717, 1.165) is 19.5 Å². The minimum absolute atomic E-state index is 0.209. The normalized spacial score (nSPS) is 19.5. The number of hydrogen-bond donors (Lipinski definition) is 0. The first-order valence-electron chi connectivity index (χ1n) is 6.41. The summed E-state index contributed by atoms with van der Waals surface area (Å²) < 4.78 is 0. The Morgan fingerprint density at radius 3 is 2.65 bits per heavy atom. The highest BCUT2D eigenvalue weighted by atomic mass is 16.1. The highest BCUT2D eigenvalue weighted by Crippen LogP contribution is 2.30. The lowest BCUT2D eigenvalue weighted by Crippen LogP contribution is -2.46. The van der Waals surface area contributed by atoms with Gasteiger partial charge in [-0.3, -0.25) is 4.79 Å². The average molecular weight is 231 g/mol. The number of benzene rings is 1. The summed E-state index contributed by atoms with van der Waals surface area (Å²) >= 11 is 0. The van der Waals surface area contributed by atoms with Gasteiger partial charge < -0.3 is 4.90 Å². The number of carbonyl (C=O) groups excluding carboxylic acids is 1. The molecule has 0 aliphatic carbocycles. The van der Waals surface area contributed by atoms with Gasteiger partial charge in [0.15, 0.2) is 0 Å². The topological polar surface area (TPSA) is 20.3 Å². The first-order valence-corrected chi connectivity index (χ1v) is 6.41. The molecule has 0 unspecified atom stereocenters. The number of para-hydroxylation sites is 1. The molecule has 1 heterocycles. The van der Waals surface area contributed by atoms with Crippen LogP contribution in [0.3, 0.4) is 0 Å². The molecule has 0 N–H and O–H groups in total. The number of anilines is 1. The van der Waals surface area contributed by atoms with E-state index in [2.05, 4.69) is 49.9 Å². The van der Waals surface area contributed by atoms with Crippen LogP contribution in [-0.2, 0) is 11.2 Å². The van der Waals surface area contributed by atoms with Gasteiger partial charge in [-0.25, -0.2) is 0 Å². The largest absolute Gasteiger partial charge is 0.370 e. The summed E-state index contributed by atoms with van der Waals surface area (Å²) in [6.07, 6.45) is 1.71. The third-order valence-corrected chi connectivity index (χ3v) is 3.66. The zero-order valence-corrected chi connectivity index (χ0v) is 11.0. The van der Waals surface area contributed by atoms with E-state index in [0.29, 0.717) is 12.2 Å². The molecule has 17 heavy (non-hydrogen) atoms. The van der Waals surface area contributed by atoms with E-state index in [-0.39, 0.29) is 5.41 Å². The van der Waals surface area contributed by atoms with E-state index >= 15 is 0 Å². The summed E-state index contributed by atoms with van der Waals surface area (Å²) in [5.41, 5.74) is 2.47. The standard InChI is InChI=1S/C15H21NO/c1-4-12-7-5-6-8-13(12)16-10-9-14(17)15(2,3)11-16/h5-8H,4,9-11H2,1-3H3. The van der Waals surface area contributed by atoms with Crippen LogP contribution in [0.15, 0.2) is 24.3 Å². The fraction of sp³-hybridized carbons (Fsp3) is 0.533. The molecule has 1 aliphatic rings. The van der Waals surface area contributed by atoms with Crippen molar-refractivity contribution in [1.82, 2.24) is 0 Å². The summed E-state index contributed by atoms with van der Waals surface area (Å²) in [5.74, 6) is 0.391. The molecule has 92 valence electrons. The van der Waals surface area contributed by atoms with Crippen molar-refractivity contribution in [1.29, 1.82) is 0 Å². The van der Waals surface area contributed by atoms with Gasteiger partial charge in [0.2, 0.25) is 0 Å². The Hall–Kier alpha value is -1.31. The average Bonchev–Trinajstić information content (AvgIpc) is 2.32. The minimum atomic E-state index is -0.209. The number of aryl methyl sites for hydroxylation is 1. The second-order valence-corrected chi connectivity index (χ2v) is 5.46. The van der Waals surface area contributed by atoms with Crippen LogP contribution in [-0.4, -0.2) is 18.9 Å².